The summed E-state index contributed by atoms with van der Waals surface area (Å²) in [5.74, 6) is -12.9. The minimum absolute atomic E-state index is 0.119. The van der Waals surface area contributed by atoms with Gasteiger partial charge < -0.3 is 24.8 Å². The number of ether oxygens (including phenoxy) is 3. The number of unbranched alkanes of at least 4 members (excludes halogenated alkanes) is 5. The van der Waals surface area contributed by atoms with Crippen LogP contribution in [0.4, 0.5) is 32.4 Å². The maximum Gasteiger partial charge on any atom is 0.319 e. The molecule has 11 heteroatoms. The van der Waals surface area contributed by atoms with Gasteiger partial charge in [-0.3, -0.25) is 0 Å². The van der Waals surface area contributed by atoms with Crippen LogP contribution in [-0.2, 0) is 14.2 Å². The van der Waals surface area contributed by atoms with E-state index in [1.54, 1.807) is 5.32 Å². The van der Waals surface area contributed by atoms with Crippen molar-refractivity contribution in [3.05, 3.63) is 29.1 Å². The summed E-state index contributed by atoms with van der Waals surface area (Å²) in [6, 6.07) is -1.17. The number of anilines is 1. The quantitative estimate of drug-likeness (QED) is 0.125. The molecule has 184 valence electrons. The maximum absolute atomic E-state index is 13.8. The SMILES string of the molecule is CCCCCCCCC(CNC(=O)Nc1c(F)c(F)c(F)c(F)c1F)C(OC)(OC)OC. The lowest BCUT2D eigenvalue weighted by Crippen LogP contribution is -2.49. The molecule has 0 aliphatic carbocycles. The highest BCUT2D eigenvalue weighted by Gasteiger charge is 2.40. The second-order valence-corrected chi connectivity index (χ2v) is 7.25. The molecule has 6 nitrogen and oxygen atoms in total. The van der Waals surface area contributed by atoms with Crippen molar-refractivity contribution in [2.45, 2.75) is 57.8 Å². The standard InChI is InChI=1S/C21H31F5N2O4/c1-5-6-7-8-9-10-11-13(21(30-2,31-3)32-4)12-27-20(29)28-19-17(25)15(23)14(22)16(24)18(19)26/h13H,5-12H2,1-4H3,(H2,27,28,29). The van der Waals surface area contributed by atoms with Gasteiger partial charge in [-0.15, -0.1) is 0 Å². The summed E-state index contributed by atoms with van der Waals surface area (Å²) in [7, 11) is 4.07. The summed E-state index contributed by atoms with van der Waals surface area (Å²) in [5.41, 5.74) is -1.44. The van der Waals surface area contributed by atoms with Gasteiger partial charge >= 0.3 is 6.03 Å². The second-order valence-electron chi connectivity index (χ2n) is 7.25. The molecule has 2 amide bonds. The smallest absolute Gasteiger partial charge is 0.319 e. The number of urea groups is 1. The van der Waals surface area contributed by atoms with Crippen molar-refractivity contribution in [3.8, 4) is 0 Å². The predicted octanol–water partition coefficient (Wildman–Crippen LogP) is 5.46. The first kappa shape index (κ1) is 28.1. The molecule has 0 fully saturated rings. The van der Waals surface area contributed by atoms with Gasteiger partial charge in [0.05, 0.1) is 5.92 Å². The van der Waals surface area contributed by atoms with Crippen LogP contribution in [0.2, 0.25) is 0 Å². The summed E-state index contributed by atoms with van der Waals surface area (Å²) in [6.45, 7) is 2.00. The molecule has 0 heterocycles. The van der Waals surface area contributed by atoms with Gasteiger partial charge in [0, 0.05) is 27.9 Å². The van der Waals surface area contributed by atoms with E-state index >= 15 is 0 Å². The van der Waals surface area contributed by atoms with Crippen molar-refractivity contribution in [1.29, 1.82) is 0 Å². The molecular weight excluding hydrogens is 439 g/mol. The van der Waals surface area contributed by atoms with Crippen LogP contribution in [0, 0.1) is 35.0 Å². The Balaban J connectivity index is 2.85. The van der Waals surface area contributed by atoms with E-state index in [0.717, 1.165) is 38.5 Å². The van der Waals surface area contributed by atoms with E-state index in [-0.39, 0.29) is 6.54 Å². The number of carbonyl (C=O) groups is 1. The van der Waals surface area contributed by atoms with Crippen molar-refractivity contribution < 1.29 is 41.0 Å². The molecule has 32 heavy (non-hydrogen) atoms. The van der Waals surface area contributed by atoms with Crippen molar-refractivity contribution in [2.75, 3.05) is 33.2 Å². The minimum atomic E-state index is -2.31. The number of rotatable bonds is 14. The third-order valence-electron chi connectivity index (χ3n) is 5.22. The molecular formula is C21H31F5N2O4. The topological polar surface area (TPSA) is 68.8 Å². The lowest BCUT2D eigenvalue weighted by molar-refractivity contribution is -0.378. The third kappa shape index (κ3) is 7.01. The van der Waals surface area contributed by atoms with Gasteiger partial charge in [-0.25, -0.2) is 26.7 Å². The molecule has 0 spiro atoms. The van der Waals surface area contributed by atoms with E-state index in [1.165, 1.54) is 21.3 Å². The molecule has 0 bridgehead atoms. The van der Waals surface area contributed by atoms with E-state index < -0.39 is 52.7 Å². The summed E-state index contributed by atoms with van der Waals surface area (Å²) < 4.78 is 83.4. The first-order chi connectivity index (χ1) is 15.2. The highest BCUT2D eigenvalue weighted by atomic mass is 19.2. The molecule has 0 aromatic heterocycles. The first-order valence-corrected chi connectivity index (χ1v) is 10.4. The third-order valence-corrected chi connectivity index (χ3v) is 5.22. The van der Waals surface area contributed by atoms with Crippen LogP contribution < -0.4 is 10.6 Å². The molecule has 0 aliphatic rings. The van der Waals surface area contributed by atoms with Gasteiger partial charge in [0.25, 0.3) is 5.97 Å². The van der Waals surface area contributed by atoms with E-state index in [4.69, 9.17) is 14.2 Å². The Labute approximate surface area is 184 Å². The lowest BCUT2D eigenvalue weighted by atomic mass is 9.97. The molecule has 0 radical (unpaired) electrons. The summed E-state index contributed by atoms with van der Waals surface area (Å²) in [5, 5.41) is 4.02. The van der Waals surface area contributed by atoms with Gasteiger partial charge in [-0.2, -0.15) is 0 Å². The molecule has 2 N–H and O–H groups in total. The Hall–Kier alpha value is -1.98. The van der Waals surface area contributed by atoms with Crippen LogP contribution >= 0.6 is 0 Å². The minimum Gasteiger partial charge on any atom is -0.337 e. The normalized spacial score (nSPS) is 12.7. The number of hydrogen-bond donors (Lipinski definition) is 2. The fourth-order valence-electron chi connectivity index (χ4n) is 3.41. The summed E-state index contributed by atoms with van der Waals surface area (Å²) >= 11 is 0. The number of nitrogens with one attached hydrogen (secondary N) is 2. The monoisotopic (exact) mass is 470 g/mol. The molecule has 1 atom stereocenters. The van der Waals surface area contributed by atoms with Gasteiger partial charge in [0.2, 0.25) is 5.82 Å². The van der Waals surface area contributed by atoms with E-state index in [0.29, 0.717) is 6.42 Å². The van der Waals surface area contributed by atoms with Crippen LogP contribution in [0.15, 0.2) is 0 Å². The van der Waals surface area contributed by atoms with Crippen molar-refractivity contribution in [2.24, 2.45) is 5.92 Å². The average molecular weight is 470 g/mol. The molecule has 0 saturated heterocycles. The van der Waals surface area contributed by atoms with Crippen LogP contribution in [0.5, 0.6) is 0 Å². The van der Waals surface area contributed by atoms with Crippen molar-refractivity contribution in [1.82, 2.24) is 5.32 Å². The van der Waals surface area contributed by atoms with Gasteiger partial charge in [-0.05, 0) is 6.42 Å². The Bertz CT molecular complexity index is 710. The van der Waals surface area contributed by atoms with Gasteiger partial charge in [0.15, 0.2) is 23.3 Å². The highest BCUT2D eigenvalue weighted by molar-refractivity contribution is 5.89. The largest absolute Gasteiger partial charge is 0.337 e. The molecule has 1 aromatic rings. The Kier molecular flexibility index (Phi) is 11.9. The zero-order chi connectivity index (χ0) is 24.3. The fraction of sp³-hybridized carbons (Fsp3) is 0.667. The number of benzene rings is 1. The predicted molar refractivity (Wildman–Crippen MR) is 108 cm³/mol. The van der Waals surface area contributed by atoms with Crippen molar-refractivity contribution in [3.63, 3.8) is 0 Å². The zero-order valence-corrected chi connectivity index (χ0v) is 18.8. The number of halogens is 5. The molecule has 0 saturated carbocycles. The second kappa shape index (κ2) is 13.5. The van der Waals surface area contributed by atoms with Gasteiger partial charge in [0.1, 0.15) is 5.69 Å². The first-order valence-electron chi connectivity index (χ1n) is 10.4. The molecule has 1 rings (SSSR count). The van der Waals surface area contributed by atoms with Gasteiger partial charge in [-0.1, -0.05) is 45.4 Å². The molecule has 1 aromatic carbocycles. The number of hydrogen-bond acceptors (Lipinski definition) is 4. The number of amides is 2. The number of carbonyl (C=O) groups excluding carboxylic acids is 1. The Morgan fingerprint density at radius 2 is 1.28 bits per heavy atom. The fourth-order valence-corrected chi connectivity index (χ4v) is 3.41. The van der Waals surface area contributed by atoms with Crippen LogP contribution in [0.1, 0.15) is 51.9 Å². The molecule has 1 unspecified atom stereocenters. The van der Waals surface area contributed by atoms with E-state index in [9.17, 15) is 26.7 Å². The average Bonchev–Trinajstić information content (AvgIpc) is 2.80. The Morgan fingerprint density at radius 3 is 1.78 bits per heavy atom. The summed E-state index contributed by atoms with van der Waals surface area (Å²) in [4.78, 5) is 12.2. The van der Waals surface area contributed by atoms with Crippen LogP contribution in [-0.4, -0.2) is 39.9 Å². The lowest BCUT2D eigenvalue weighted by Gasteiger charge is -2.36. The summed E-state index contributed by atoms with van der Waals surface area (Å²) in [6.07, 6.45) is 6.62. The maximum atomic E-state index is 13.8. The van der Waals surface area contributed by atoms with E-state index in [2.05, 4.69) is 12.2 Å². The Morgan fingerprint density at radius 1 is 0.812 bits per heavy atom. The van der Waals surface area contributed by atoms with Crippen LogP contribution in [0.3, 0.4) is 0 Å². The van der Waals surface area contributed by atoms with Crippen LogP contribution in [0.25, 0.3) is 0 Å². The highest BCUT2D eigenvalue weighted by Crippen LogP contribution is 2.29. The van der Waals surface area contributed by atoms with Crippen molar-refractivity contribution >= 4 is 11.7 Å². The molecule has 0 aliphatic heterocycles. The van der Waals surface area contributed by atoms with E-state index in [1.807, 2.05) is 0 Å². The zero-order valence-electron chi connectivity index (χ0n) is 18.8. The number of methoxy groups -OCH3 is 3.